The zero-order valence-electron chi connectivity index (χ0n) is 15.6. The summed E-state index contributed by atoms with van der Waals surface area (Å²) >= 11 is 3.34. The Kier molecular flexibility index (Phi) is 5.33. The lowest BCUT2D eigenvalue weighted by Crippen LogP contribution is -2.45. The van der Waals surface area contributed by atoms with Crippen LogP contribution in [0.4, 0.5) is 5.69 Å². The maximum atomic E-state index is 13.3. The summed E-state index contributed by atoms with van der Waals surface area (Å²) in [6.07, 6.45) is 0.587. The Morgan fingerprint density at radius 2 is 2.00 bits per heavy atom. The van der Waals surface area contributed by atoms with Crippen LogP contribution < -0.4 is 9.47 Å². The molecule has 0 fully saturated rings. The molecule has 10 heteroatoms. The number of hydrogen-bond acceptors (Lipinski definition) is 6. The molecule has 0 bridgehead atoms. The van der Waals surface area contributed by atoms with Crippen LogP contribution in [0.25, 0.3) is 0 Å². The summed E-state index contributed by atoms with van der Waals surface area (Å²) in [5, 5.41) is 21.9. The van der Waals surface area contributed by atoms with Crippen LogP contribution in [0.2, 0.25) is 0 Å². The van der Waals surface area contributed by atoms with E-state index >= 15 is 0 Å². The Hall–Kier alpha value is -3.14. The number of nitro groups is 1. The highest BCUT2D eigenvalue weighted by atomic mass is 79.9. The normalized spacial score (nSPS) is 19.5. The van der Waals surface area contributed by atoms with Gasteiger partial charge in [-0.2, -0.15) is 0 Å². The van der Waals surface area contributed by atoms with Crippen molar-refractivity contribution in [1.29, 1.82) is 0 Å². The fourth-order valence-electron chi connectivity index (χ4n) is 3.95. The molecule has 2 aliphatic rings. The van der Waals surface area contributed by atoms with Crippen molar-refractivity contribution in [3.8, 4) is 11.5 Å². The number of fused-ring (bicyclic) bond motifs is 2. The van der Waals surface area contributed by atoms with Crippen molar-refractivity contribution >= 4 is 33.5 Å². The maximum absolute atomic E-state index is 13.3. The molecule has 2 aliphatic heterocycles. The predicted molar refractivity (Wildman–Crippen MR) is 108 cm³/mol. The van der Waals surface area contributed by atoms with Crippen molar-refractivity contribution in [2.45, 2.75) is 18.4 Å². The second-order valence-corrected chi connectivity index (χ2v) is 7.74. The highest BCUT2D eigenvalue weighted by Crippen LogP contribution is 2.46. The number of benzene rings is 2. The van der Waals surface area contributed by atoms with Gasteiger partial charge in [0.15, 0.2) is 11.5 Å². The van der Waals surface area contributed by atoms with Crippen LogP contribution in [-0.4, -0.2) is 45.5 Å². The largest absolute Gasteiger partial charge is 0.481 e. The second-order valence-electron chi connectivity index (χ2n) is 6.94. The third-order valence-electron chi connectivity index (χ3n) is 5.26. The molecule has 30 heavy (non-hydrogen) atoms. The van der Waals surface area contributed by atoms with Crippen molar-refractivity contribution in [3.63, 3.8) is 0 Å². The minimum atomic E-state index is -1.12. The lowest BCUT2D eigenvalue weighted by molar-refractivity contribution is -0.384. The summed E-state index contributed by atoms with van der Waals surface area (Å²) in [6, 6.07) is 8.06. The molecule has 2 atom stereocenters. The fraction of sp³-hybridized carbons (Fsp3) is 0.300. The number of non-ortho nitro benzene ring substituents is 1. The molecule has 1 N–H and O–H groups in total. The zero-order valence-corrected chi connectivity index (χ0v) is 17.2. The zero-order chi connectivity index (χ0) is 21.4. The first-order chi connectivity index (χ1) is 14.4. The van der Waals surface area contributed by atoms with E-state index < -0.39 is 28.8 Å². The molecule has 4 rings (SSSR count). The molecule has 1 amide bonds. The van der Waals surface area contributed by atoms with Crippen LogP contribution in [-0.2, 0) is 4.79 Å². The molecule has 2 aromatic rings. The van der Waals surface area contributed by atoms with E-state index in [9.17, 15) is 24.8 Å². The quantitative estimate of drug-likeness (QED) is 0.384. The number of ether oxygens (including phenoxy) is 2. The first kappa shape index (κ1) is 20.1. The molecule has 9 nitrogen and oxygen atoms in total. The van der Waals surface area contributed by atoms with E-state index in [1.54, 1.807) is 18.2 Å². The lowest BCUT2D eigenvalue weighted by atomic mass is 9.79. The number of amides is 1. The summed E-state index contributed by atoms with van der Waals surface area (Å²) in [6.45, 7) is 0.361. The van der Waals surface area contributed by atoms with Crippen LogP contribution in [0, 0.1) is 10.1 Å². The number of nitrogens with zero attached hydrogens (tertiary/aromatic N) is 2. The number of halogens is 1. The molecular weight excluding hydrogens is 460 g/mol. The molecule has 2 heterocycles. The average molecular weight is 477 g/mol. The van der Waals surface area contributed by atoms with Gasteiger partial charge >= 0.3 is 5.97 Å². The number of alkyl halides is 1. The molecule has 0 aliphatic carbocycles. The van der Waals surface area contributed by atoms with Gasteiger partial charge in [-0.15, -0.1) is 0 Å². The number of aliphatic carboxylic acids is 1. The van der Waals surface area contributed by atoms with Gasteiger partial charge in [0.25, 0.3) is 11.6 Å². The number of carboxylic acids is 1. The Morgan fingerprint density at radius 3 is 2.70 bits per heavy atom. The van der Waals surface area contributed by atoms with E-state index in [1.165, 1.54) is 17.0 Å². The summed E-state index contributed by atoms with van der Waals surface area (Å²) in [5.41, 5.74) is 0.644. The summed E-state index contributed by atoms with van der Waals surface area (Å²) in [4.78, 5) is 37.7. The number of hydrogen-bond donors (Lipinski definition) is 1. The summed E-state index contributed by atoms with van der Waals surface area (Å²) in [7, 11) is 0. The van der Waals surface area contributed by atoms with Crippen molar-refractivity contribution in [2.24, 2.45) is 0 Å². The van der Waals surface area contributed by atoms with E-state index in [4.69, 9.17) is 9.47 Å². The van der Waals surface area contributed by atoms with Crippen LogP contribution >= 0.6 is 15.9 Å². The second kappa shape index (κ2) is 7.94. The van der Waals surface area contributed by atoms with E-state index in [-0.39, 0.29) is 30.2 Å². The topological polar surface area (TPSA) is 119 Å². The highest BCUT2D eigenvalue weighted by molar-refractivity contribution is 9.09. The van der Waals surface area contributed by atoms with Gasteiger partial charge in [0.1, 0.15) is 5.92 Å². The van der Waals surface area contributed by atoms with Gasteiger partial charge in [-0.25, -0.2) is 0 Å². The lowest BCUT2D eigenvalue weighted by Gasteiger charge is -2.40. The molecule has 0 aromatic heterocycles. The van der Waals surface area contributed by atoms with Gasteiger partial charge in [0.2, 0.25) is 6.79 Å². The SMILES string of the molecule is O=C(O)[C@@H]1c2ccc([N+](=O)[O-])cc2C(=O)N(CCCBr)[C@@H]1c1ccc2c(c1)OCO2. The number of rotatable bonds is 6. The first-order valence-corrected chi connectivity index (χ1v) is 10.3. The molecule has 156 valence electrons. The van der Waals surface area contributed by atoms with Crippen molar-refractivity contribution in [3.05, 3.63) is 63.2 Å². The summed E-state index contributed by atoms with van der Waals surface area (Å²) in [5.74, 6) is -1.61. The number of carbonyl (C=O) groups excluding carboxylic acids is 1. The Morgan fingerprint density at radius 1 is 1.23 bits per heavy atom. The molecule has 0 saturated carbocycles. The van der Waals surface area contributed by atoms with Crippen molar-refractivity contribution < 1.29 is 29.1 Å². The molecule has 2 aromatic carbocycles. The number of carboxylic acid groups (broad SMARTS) is 1. The number of carbonyl (C=O) groups is 2. The number of nitro benzene ring substituents is 1. The maximum Gasteiger partial charge on any atom is 0.313 e. The first-order valence-electron chi connectivity index (χ1n) is 9.20. The molecule has 0 saturated heterocycles. The minimum absolute atomic E-state index is 0.0446. The smallest absolute Gasteiger partial charge is 0.313 e. The average Bonchev–Trinajstić information content (AvgIpc) is 3.20. The Labute approximate surface area is 179 Å². The third kappa shape index (κ3) is 3.36. The van der Waals surface area contributed by atoms with Gasteiger partial charge < -0.3 is 19.5 Å². The summed E-state index contributed by atoms with van der Waals surface area (Å²) < 4.78 is 10.8. The third-order valence-corrected chi connectivity index (χ3v) is 5.82. The Balaban J connectivity index is 1.88. The van der Waals surface area contributed by atoms with E-state index in [0.29, 0.717) is 28.8 Å². The van der Waals surface area contributed by atoms with Crippen LogP contribution in [0.5, 0.6) is 11.5 Å². The highest BCUT2D eigenvalue weighted by Gasteiger charge is 2.45. The Bertz CT molecular complexity index is 1040. The van der Waals surface area contributed by atoms with E-state index in [0.717, 1.165) is 6.07 Å². The van der Waals surface area contributed by atoms with Gasteiger partial charge in [-0.3, -0.25) is 19.7 Å². The molecule has 0 unspecified atom stereocenters. The van der Waals surface area contributed by atoms with Gasteiger partial charge in [-0.05, 0) is 29.7 Å². The fourth-order valence-corrected chi connectivity index (χ4v) is 4.20. The molecule has 0 radical (unpaired) electrons. The van der Waals surface area contributed by atoms with E-state index in [2.05, 4.69) is 15.9 Å². The standard InChI is InChI=1S/C20H17BrN2O7/c21-6-1-7-22-18(11-2-5-15-16(8-11)30-10-29-15)17(20(25)26)13-4-3-12(23(27)28)9-14(13)19(22)24/h2-5,8-9,17-18H,1,6-7,10H2,(H,25,26)/t17-,18-/m1/s1. The monoisotopic (exact) mass is 476 g/mol. The van der Waals surface area contributed by atoms with Crippen molar-refractivity contribution in [1.82, 2.24) is 4.90 Å². The van der Waals surface area contributed by atoms with Crippen LogP contribution in [0.15, 0.2) is 36.4 Å². The van der Waals surface area contributed by atoms with Gasteiger partial charge in [0, 0.05) is 24.0 Å². The predicted octanol–water partition coefficient (Wildman–Crippen LogP) is 3.47. The van der Waals surface area contributed by atoms with Gasteiger partial charge in [0.05, 0.1) is 16.5 Å². The van der Waals surface area contributed by atoms with E-state index in [1.807, 2.05) is 0 Å². The molecule has 0 spiro atoms. The van der Waals surface area contributed by atoms with Crippen LogP contribution in [0.3, 0.4) is 0 Å². The van der Waals surface area contributed by atoms with Crippen molar-refractivity contribution in [2.75, 3.05) is 18.7 Å². The van der Waals surface area contributed by atoms with Crippen LogP contribution in [0.1, 0.15) is 39.9 Å². The minimum Gasteiger partial charge on any atom is -0.481 e. The van der Waals surface area contributed by atoms with Gasteiger partial charge in [-0.1, -0.05) is 28.1 Å². The molecular formula is C20H17BrN2O7.